The molecule has 1 rings (SSSR count). The molecule has 0 amide bonds. The van der Waals surface area contributed by atoms with Gasteiger partial charge in [0.1, 0.15) is 11.4 Å². The van der Waals surface area contributed by atoms with Crippen LogP contribution in [0.3, 0.4) is 0 Å². The molecule has 0 spiro atoms. The fourth-order valence-electron chi connectivity index (χ4n) is 1.31. The predicted molar refractivity (Wildman–Crippen MR) is 133 cm³/mol. The number of halogens is 4. The molecule has 28 heavy (non-hydrogen) atoms. The molecule has 0 fully saturated rings. The zero-order valence-electron chi connectivity index (χ0n) is 15.9. The standard InChI is InChI=1S/C10H16O5.C6H7ClN2.3HI.V/c1-4-13-7-8(9(11)14-5-2)10(12)15-6-3;1-4-5(8)2-3-6(7)9-4;;;;/h7H,4-6H2,1-3H3;2-3H,8H2,1H3;3*1H;/q;;;;;+3/p-3. The number of esters is 2. The molecule has 1 aromatic heterocycles. The molecule has 160 valence electrons. The molecule has 1 aromatic rings. The van der Waals surface area contributed by atoms with E-state index in [1.54, 1.807) is 32.9 Å². The molecule has 0 radical (unpaired) electrons. The number of ether oxygens (including phenoxy) is 3. The van der Waals surface area contributed by atoms with E-state index in [1.165, 1.54) is 0 Å². The number of hydrogen-bond acceptors (Lipinski definition) is 7. The maximum atomic E-state index is 11.3. The first-order chi connectivity index (χ1) is 13.1. The Morgan fingerprint density at radius 2 is 1.57 bits per heavy atom. The summed E-state index contributed by atoms with van der Waals surface area (Å²) in [5, 5.41) is 0.488. The van der Waals surface area contributed by atoms with Gasteiger partial charge in [0, 0.05) is 0 Å². The molecular weight excluding hydrogens is 767 g/mol. The number of carbonyl (C=O) groups is 2. The number of nitrogen functional groups attached to an aromatic ring is 1. The van der Waals surface area contributed by atoms with Crippen molar-refractivity contribution in [2.24, 2.45) is 0 Å². The molecule has 2 N–H and O–H groups in total. The molecule has 0 saturated heterocycles. The Balaban J connectivity index is 0. The van der Waals surface area contributed by atoms with Crippen molar-refractivity contribution in [1.82, 2.24) is 4.98 Å². The molecule has 0 aliphatic carbocycles. The van der Waals surface area contributed by atoms with Gasteiger partial charge in [-0.2, -0.15) is 0 Å². The number of aromatic nitrogens is 1. The van der Waals surface area contributed by atoms with Crippen molar-refractivity contribution >= 4 is 89.2 Å². The Kier molecular flexibility index (Phi) is 21.3. The number of carbonyl (C=O) groups excluding carboxylic acids is 2. The van der Waals surface area contributed by atoms with Gasteiger partial charge in [-0.3, -0.25) is 0 Å². The summed E-state index contributed by atoms with van der Waals surface area (Å²) in [5.41, 5.74) is 6.71. The number of aryl methyl sites for hydroxylation is 1. The van der Waals surface area contributed by atoms with Gasteiger partial charge < -0.3 is 19.9 Å². The first-order valence-electron chi connectivity index (χ1n) is 7.92. The number of pyridine rings is 1. The van der Waals surface area contributed by atoms with Crippen molar-refractivity contribution < 1.29 is 28.7 Å². The Hall–Kier alpha value is 0.494. The number of nitrogens with zero attached hydrogens (tertiary/aromatic N) is 1. The topological polar surface area (TPSA) is 101 Å². The predicted octanol–water partition coefficient (Wildman–Crippen LogP) is 5.31. The second-order valence-corrected chi connectivity index (χ2v) is 40.2. The Morgan fingerprint density at radius 3 is 1.89 bits per heavy atom. The van der Waals surface area contributed by atoms with E-state index in [2.05, 4.69) is 74.4 Å². The van der Waals surface area contributed by atoms with Gasteiger partial charge in [0.2, 0.25) is 0 Å². The van der Waals surface area contributed by atoms with E-state index >= 15 is 0 Å². The van der Waals surface area contributed by atoms with Gasteiger partial charge in [-0.25, -0.2) is 14.6 Å². The van der Waals surface area contributed by atoms with Gasteiger partial charge in [0.25, 0.3) is 0 Å². The number of hydrogen-bond donors (Lipinski definition) is 1. The summed E-state index contributed by atoms with van der Waals surface area (Å²) in [6, 6.07) is 3.41. The second-order valence-electron chi connectivity index (χ2n) is 4.43. The summed E-state index contributed by atoms with van der Waals surface area (Å²) in [7, 11) is 0. The summed E-state index contributed by atoms with van der Waals surface area (Å²) in [6.07, 6.45) is 1.07. The molecule has 12 heteroatoms. The number of nitrogens with two attached hydrogens (primary N) is 1. The van der Waals surface area contributed by atoms with Crippen LogP contribution in [0, 0.1) is 6.92 Å². The zero-order chi connectivity index (χ0) is 22.1. The van der Waals surface area contributed by atoms with Crippen molar-refractivity contribution in [2.75, 3.05) is 25.6 Å². The van der Waals surface area contributed by atoms with Crippen molar-refractivity contribution in [1.29, 1.82) is 0 Å². The maximum absolute atomic E-state index is 11.3. The van der Waals surface area contributed by atoms with Gasteiger partial charge in [-0.1, -0.05) is 11.6 Å². The molecule has 7 nitrogen and oxygen atoms in total. The molecule has 1 heterocycles. The van der Waals surface area contributed by atoms with E-state index in [0.29, 0.717) is 17.4 Å². The van der Waals surface area contributed by atoms with Crippen LogP contribution in [0.2, 0.25) is 5.15 Å². The summed E-state index contributed by atoms with van der Waals surface area (Å²) in [6.45, 7) is 7.63. The molecule has 0 aliphatic rings. The van der Waals surface area contributed by atoms with E-state index < -0.39 is 11.9 Å². The van der Waals surface area contributed by atoms with Gasteiger partial charge in [-0.05, 0) is 39.8 Å². The van der Waals surface area contributed by atoms with Crippen LogP contribution in [0.5, 0.6) is 0 Å². The minimum absolute atomic E-state index is 0.196. The van der Waals surface area contributed by atoms with Crippen LogP contribution in [0.15, 0.2) is 24.0 Å². The molecule has 0 bridgehead atoms. The monoisotopic (exact) mass is 790 g/mol. The van der Waals surface area contributed by atoms with E-state index in [-0.39, 0.29) is 23.7 Å². The quantitative estimate of drug-likeness (QED) is 0.0794. The zero-order valence-corrected chi connectivity index (χ0v) is 24.5. The molecule has 0 aliphatic heterocycles. The van der Waals surface area contributed by atoms with Crippen molar-refractivity contribution in [3.05, 3.63) is 34.8 Å². The fourth-order valence-corrected chi connectivity index (χ4v) is 1.49. The van der Waals surface area contributed by atoms with Crippen LogP contribution in [0.25, 0.3) is 0 Å². The molecular formula is C16H23ClI3N2O5V. The molecule has 0 saturated carbocycles. The summed E-state index contributed by atoms with van der Waals surface area (Å²) in [5.74, 6) is -1.46. The fraction of sp³-hybridized carbons (Fsp3) is 0.438. The van der Waals surface area contributed by atoms with E-state index in [0.717, 1.165) is 12.0 Å². The second kappa shape index (κ2) is 19.5. The van der Waals surface area contributed by atoms with Gasteiger partial charge in [-0.15, -0.1) is 0 Å². The third-order valence-corrected chi connectivity index (χ3v) is 2.66. The van der Waals surface area contributed by atoms with Crippen molar-refractivity contribution in [3.8, 4) is 0 Å². The van der Waals surface area contributed by atoms with Crippen molar-refractivity contribution in [3.63, 3.8) is 0 Å². The summed E-state index contributed by atoms with van der Waals surface area (Å²) < 4.78 is 14.2. The van der Waals surface area contributed by atoms with Crippen molar-refractivity contribution in [2.45, 2.75) is 27.7 Å². The SMILES string of the molecule is CCOC=C(C(=O)OCC)C(=O)OCC.Cc1nc(Cl)ccc1N.[I][V]([I])[I]. The third kappa shape index (κ3) is 17.4. The van der Waals surface area contributed by atoms with Crippen LogP contribution >= 0.6 is 71.5 Å². The Labute approximate surface area is 208 Å². The van der Waals surface area contributed by atoms with Gasteiger partial charge in [0.15, 0.2) is 5.57 Å². The normalized spacial score (nSPS) is 9.18. The minimum atomic E-state index is -0.732. The van der Waals surface area contributed by atoms with Crippen LogP contribution in [0.4, 0.5) is 5.69 Å². The van der Waals surface area contributed by atoms with Crippen LogP contribution in [-0.4, -0.2) is 36.7 Å². The number of rotatable bonds is 6. The Bertz CT molecular complexity index is 614. The first kappa shape index (κ1) is 30.7. The van der Waals surface area contributed by atoms with E-state index in [9.17, 15) is 9.59 Å². The third-order valence-electron chi connectivity index (χ3n) is 2.45. The summed E-state index contributed by atoms with van der Waals surface area (Å²) >= 11 is 12.9. The Morgan fingerprint density at radius 1 is 1.11 bits per heavy atom. The van der Waals surface area contributed by atoms with Crippen LogP contribution in [-0.2, 0) is 28.7 Å². The average Bonchev–Trinajstić information content (AvgIpc) is 2.59. The van der Waals surface area contributed by atoms with Crippen LogP contribution < -0.4 is 5.73 Å². The van der Waals surface area contributed by atoms with E-state index in [4.69, 9.17) is 22.1 Å². The molecule has 0 unspecified atom stereocenters. The molecule has 0 atom stereocenters. The first-order valence-corrected chi connectivity index (χ1v) is 21.8. The average molecular weight is 790 g/mol. The van der Waals surface area contributed by atoms with Gasteiger partial charge in [0.05, 0.1) is 31.2 Å². The van der Waals surface area contributed by atoms with Crippen LogP contribution in [0.1, 0.15) is 26.5 Å². The van der Waals surface area contributed by atoms with E-state index in [1.807, 2.05) is 6.92 Å². The number of anilines is 1. The molecule has 0 aromatic carbocycles. The summed E-state index contributed by atoms with van der Waals surface area (Å²) in [4.78, 5) is 26.2. The van der Waals surface area contributed by atoms with Gasteiger partial charge >= 0.3 is 76.8 Å².